The van der Waals surface area contributed by atoms with Gasteiger partial charge in [-0.3, -0.25) is 0 Å². The Balaban J connectivity index is 2.79. The summed E-state index contributed by atoms with van der Waals surface area (Å²) in [4.78, 5) is 8.14. The SMILES string of the molecule is CC(C)(CO)n1cc(Br)c2c(Cl)ncnc21. The van der Waals surface area contributed by atoms with Crippen LogP contribution in [0.2, 0.25) is 5.15 Å². The van der Waals surface area contributed by atoms with E-state index in [-0.39, 0.29) is 6.61 Å². The highest BCUT2D eigenvalue weighted by molar-refractivity contribution is 9.10. The molecule has 0 radical (unpaired) electrons. The average molecular weight is 305 g/mol. The van der Waals surface area contributed by atoms with Gasteiger partial charge in [-0.25, -0.2) is 9.97 Å². The fourth-order valence-corrected chi connectivity index (χ4v) is 2.43. The Hall–Kier alpha value is -0.650. The Morgan fingerprint density at radius 1 is 1.50 bits per heavy atom. The molecule has 2 aromatic rings. The molecule has 4 nitrogen and oxygen atoms in total. The standard InChI is InChI=1S/C10H11BrClN3O/c1-10(2,4-16)15-3-6(11)7-8(12)13-5-14-9(7)15/h3,5,16H,4H2,1-2H3. The molecule has 0 aromatic carbocycles. The Labute approximate surface area is 106 Å². The van der Waals surface area contributed by atoms with Gasteiger partial charge in [0.25, 0.3) is 0 Å². The minimum atomic E-state index is -0.429. The smallest absolute Gasteiger partial charge is 0.146 e. The number of aliphatic hydroxyl groups excluding tert-OH is 1. The minimum absolute atomic E-state index is 0.0187. The highest BCUT2D eigenvalue weighted by atomic mass is 79.9. The fourth-order valence-electron chi connectivity index (χ4n) is 1.52. The molecule has 0 atom stereocenters. The van der Waals surface area contributed by atoms with E-state index in [2.05, 4.69) is 25.9 Å². The topological polar surface area (TPSA) is 50.9 Å². The van der Waals surface area contributed by atoms with Crippen LogP contribution in [0.25, 0.3) is 11.0 Å². The summed E-state index contributed by atoms with van der Waals surface area (Å²) < 4.78 is 2.72. The first-order chi connectivity index (χ1) is 7.47. The van der Waals surface area contributed by atoms with Gasteiger partial charge in [0.1, 0.15) is 17.1 Å². The highest BCUT2D eigenvalue weighted by Gasteiger charge is 2.23. The predicted molar refractivity (Wildman–Crippen MR) is 66.6 cm³/mol. The maximum absolute atomic E-state index is 9.37. The second-order valence-corrected chi connectivity index (χ2v) is 5.39. The van der Waals surface area contributed by atoms with Gasteiger partial charge in [0.2, 0.25) is 0 Å². The van der Waals surface area contributed by atoms with Gasteiger partial charge in [-0.1, -0.05) is 11.6 Å². The molecule has 0 saturated carbocycles. The third-order valence-corrected chi connectivity index (χ3v) is 3.42. The summed E-state index contributed by atoms with van der Waals surface area (Å²) in [6, 6.07) is 0. The van der Waals surface area contributed by atoms with Gasteiger partial charge in [0.15, 0.2) is 0 Å². The number of aliphatic hydroxyl groups is 1. The molecule has 86 valence electrons. The van der Waals surface area contributed by atoms with Crippen LogP contribution in [-0.2, 0) is 5.54 Å². The van der Waals surface area contributed by atoms with Gasteiger partial charge >= 0.3 is 0 Å². The summed E-state index contributed by atoms with van der Waals surface area (Å²) in [6.45, 7) is 3.87. The van der Waals surface area contributed by atoms with E-state index >= 15 is 0 Å². The van der Waals surface area contributed by atoms with Crippen LogP contribution in [0, 0.1) is 0 Å². The van der Waals surface area contributed by atoms with Crippen LogP contribution in [0.3, 0.4) is 0 Å². The molecule has 0 amide bonds. The van der Waals surface area contributed by atoms with Gasteiger partial charge in [-0.15, -0.1) is 0 Å². The number of rotatable bonds is 2. The average Bonchev–Trinajstić information content (AvgIpc) is 2.58. The first kappa shape index (κ1) is 11.8. The second kappa shape index (κ2) is 3.98. The van der Waals surface area contributed by atoms with E-state index in [0.717, 1.165) is 9.86 Å². The van der Waals surface area contributed by atoms with E-state index in [9.17, 15) is 5.11 Å². The van der Waals surface area contributed by atoms with Crippen LogP contribution in [-0.4, -0.2) is 26.2 Å². The maximum Gasteiger partial charge on any atom is 0.146 e. The quantitative estimate of drug-likeness (QED) is 0.868. The van der Waals surface area contributed by atoms with Crippen molar-refractivity contribution in [3.63, 3.8) is 0 Å². The zero-order valence-electron chi connectivity index (χ0n) is 8.91. The molecule has 6 heteroatoms. The molecule has 0 bridgehead atoms. The molecule has 2 rings (SSSR count). The Bertz CT molecular complexity index is 538. The third kappa shape index (κ3) is 1.73. The Morgan fingerprint density at radius 3 is 2.81 bits per heavy atom. The first-order valence-electron chi connectivity index (χ1n) is 4.76. The molecular formula is C10H11BrClN3O. The lowest BCUT2D eigenvalue weighted by Crippen LogP contribution is -2.29. The summed E-state index contributed by atoms with van der Waals surface area (Å²) in [5, 5.41) is 10.5. The summed E-state index contributed by atoms with van der Waals surface area (Å²) in [5.41, 5.74) is 0.285. The normalized spacial score (nSPS) is 12.3. The molecule has 0 saturated heterocycles. The molecule has 0 aliphatic carbocycles. The van der Waals surface area contributed by atoms with Gasteiger partial charge in [-0.2, -0.15) is 0 Å². The number of halogens is 2. The largest absolute Gasteiger partial charge is 0.394 e. The Morgan fingerprint density at radius 2 is 2.19 bits per heavy atom. The third-order valence-electron chi connectivity index (χ3n) is 2.53. The molecule has 0 aliphatic rings. The summed E-state index contributed by atoms with van der Waals surface area (Å²) in [6.07, 6.45) is 3.28. The monoisotopic (exact) mass is 303 g/mol. The van der Waals surface area contributed by atoms with Crippen molar-refractivity contribution < 1.29 is 5.11 Å². The molecule has 2 heterocycles. The van der Waals surface area contributed by atoms with Crippen molar-refractivity contribution in [2.75, 3.05) is 6.61 Å². The molecule has 1 N–H and O–H groups in total. The molecule has 0 unspecified atom stereocenters. The molecule has 0 aliphatic heterocycles. The van der Waals surface area contributed by atoms with Gasteiger partial charge in [0.05, 0.1) is 17.5 Å². The van der Waals surface area contributed by atoms with Crippen molar-refractivity contribution in [1.29, 1.82) is 0 Å². The first-order valence-corrected chi connectivity index (χ1v) is 5.93. The van der Waals surface area contributed by atoms with E-state index in [1.165, 1.54) is 6.33 Å². The molecule has 0 fully saturated rings. The number of fused-ring (bicyclic) bond motifs is 1. The lowest BCUT2D eigenvalue weighted by atomic mass is 10.1. The number of nitrogens with zero attached hydrogens (tertiary/aromatic N) is 3. The lowest BCUT2D eigenvalue weighted by molar-refractivity contribution is 0.168. The number of hydrogen-bond acceptors (Lipinski definition) is 3. The fraction of sp³-hybridized carbons (Fsp3) is 0.400. The van der Waals surface area contributed by atoms with Crippen LogP contribution in [0.5, 0.6) is 0 Å². The number of aromatic nitrogens is 3. The van der Waals surface area contributed by atoms with Crippen LogP contribution in [0.4, 0.5) is 0 Å². The Kier molecular flexibility index (Phi) is 2.94. The van der Waals surface area contributed by atoms with Crippen molar-refractivity contribution in [3.8, 4) is 0 Å². The maximum atomic E-state index is 9.37. The van der Waals surface area contributed by atoms with Crippen LogP contribution in [0.15, 0.2) is 17.0 Å². The van der Waals surface area contributed by atoms with Crippen molar-refractivity contribution in [2.24, 2.45) is 0 Å². The molecule has 2 aromatic heterocycles. The predicted octanol–water partition coefficient (Wildman–Crippen LogP) is 2.57. The van der Waals surface area contributed by atoms with Crippen molar-refractivity contribution in [1.82, 2.24) is 14.5 Å². The van der Waals surface area contributed by atoms with E-state index in [4.69, 9.17) is 11.6 Å². The molecular weight excluding hydrogens is 293 g/mol. The van der Waals surface area contributed by atoms with Crippen LogP contribution >= 0.6 is 27.5 Å². The van der Waals surface area contributed by atoms with Crippen molar-refractivity contribution >= 4 is 38.6 Å². The van der Waals surface area contributed by atoms with E-state index in [0.29, 0.717) is 10.8 Å². The zero-order chi connectivity index (χ0) is 11.9. The van der Waals surface area contributed by atoms with Gasteiger partial charge < -0.3 is 9.67 Å². The minimum Gasteiger partial charge on any atom is -0.394 e. The second-order valence-electron chi connectivity index (χ2n) is 4.18. The van der Waals surface area contributed by atoms with Crippen LogP contribution < -0.4 is 0 Å². The summed E-state index contributed by atoms with van der Waals surface area (Å²) in [5.74, 6) is 0. The highest BCUT2D eigenvalue weighted by Crippen LogP contribution is 2.32. The molecule has 0 spiro atoms. The van der Waals surface area contributed by atoms with Crippen molar-refractivity contribution in [3.05, 3.63) is 22.1 Å². The van der Waals surface area contributed by atoms with E-state index in [1.54, 1.807) is 0 Å². The van der Waals surface area contributed by atoms with Crippen molar-refractivity contribution in [2.45, 2.75) is 19.4 Å². The van der Waals surface area contributed by atoms with E-state index in [1.807, 2.05) is 24.6 Å². The summed E-state index contributed by atoms with van der Waals surface area (Å²) >= 11 is 9.44. The molecule has 16 heavy (non-hydrogen) atoms. The summed E-state index contributed by atoms with van der Waals surface area (Å²) in [7, 11) is 0. The van der Waals surface area contributed by atoms with Crippen LogP contribution in [0.1, 0.15) is 13.8 Å². The van der Waals surface area contributed by atoms with Gasteiger partial charge in [-0.05, 0) is 29.8 Å². The number of hydrogen-bond donors (Lipinski definition) is 1. The lowest BCUT2D eigenvalue weighted by Gasteiger charge is -2.24. The van der Waals surface area contributed by atoms with Gasteiger partial charge in [0, 0.05) is 10.7 Å². The van der Waals surface area contributed by atoms with E-state index < -0.39 is 5.54 Å². The zero-order valence-corrected chi connectivity index (χ0v) is 11.2.